The second-order valence-electron chi connectivity index (χ2n) is 5.41. The molecule has 104 valence electrons. The Hall–Kier alpha value is -0.650. The van der Waals surface area contributed by atoms with Crippen LogP contribution >= 0.6 is 0 Å². The van der Waals surface area contributed by atoms with Gasteiger partial charge in [0.15, 0.2) is 0 Å². The molecule has 1 amide bonds. The number of aliphatic hydroxyl groups excluding tert-OH is 1. The highest BCUT2D eigenvalue weighted by Gasteiger charge is 2.31. The zero-order valence-corrected chi connectivity index (χ0v) is 10.9. The second-order valence-corrected chi connectivity index (χ2v) is 5.41. The van der Waals surface area contributed by atoms with Crippen molar-refractivity contribution < 1.29 is 14.6 Å². The molecule has 5 nitrogen and oxygen atoms in total. The van der Waals surface area contributed by atoms with Crippen LogP contribution in [-0.4, -0.2) is 54.9 Å². The molecule has 0 radical (unpaired) electrons. The summed E-state index contributed by atoms with van der Waals surface area (Å²) >= 11 is 0. The van der Waals surface area contributed by atoms with Crippen LogP contribution in [0.4, 0.5) is 0 Å². The number of hydrogen-bond donors (Lipinski definition) is 2. The lowest BCUT2D eigenvalue weighted by atomic mass is 9.81. The zero-order valence-electron chi connectivity index (χ0n) is 10.9. The molecule has 1 atom stereocenters. The van der Waals surface area contributed by atoms with Crippen LogP contribution in [0.5, 0.6) is 0 Å². The van der Waals surface area contributed by atoms with Gasteiger partial charge in [0.1, 0.15) is 0 Å². The molecule has 1 aliphatic carbocycles. The lowest BCUT2D eigenvalue weighted by Crippen LogP contribution is -2.49. The Bertz CT molecular complexity index is 277. The number of aliphatic hydroxyl groups is 1. The minimum Gasteiger partial charge on any atom is -0.394 e. The van der Waals surface area contributed by atoms with Crippen molar-refractivity contribution in [3.63, 3.8) is 0 Å². The summed E-state index contributed by atoms with van der Waals surface area (Å²) in [5, 5.41) is 9.09. The van der Waals surface area contributed by atoms with Crippen molar-refractivity contribution in [3.05, 3.63) is 0 Å². The first-order valence-corrected chi connectivity index (χ1v) is 6.96. The van der Waals surface area contributed by atoms with E-state index in [-0.39, 0.29) is 24.5 Å². The van der Waals surface area contributed by atoms with Gasteiger partial charge in [-0.1, -0.05) is 0 Å². The first kappa shape index (κ1) is 13.8. The summed E-state index contributed by atoms with van der Waals surface area (Å²) in [4.78, 5) is 14.2. The normalized spacial score (nSPS) is 33.4. The van der Waals surface area contributed by atoms with E-state index in [1.807, 2.05) is 4.90 Å². The van der Waals surface area contributed by atoms with E-state index < -0.39 is 0 Å². The van der Waals surface area contributed by atoms with Crippen LogP contribution in [-0.2, 0) is 9.53 Å². The molecule has 0 aromatic heterocycles. The number of morpholine rings is 1. The molecule has 5 heteroatoms. The monoisotopic (exact) mass is 256 g/mol. The van der Waals surface area contributed by atoms with Crippen LogP contribution in [0.15, 0.2) is 0 Å². The highest BCUT2D eigenvalue weighted by Crippen LogP contribution is 2.29. The molecule has 2 fully saturated rings. The largest absolute Gasteiger partial charge is 0.394 e. The third-order valence-corrected chi connectivity index (χ3v) is 4.18. The predicted molar refractivity (Wildman–Crippen MR) is 67.9 cm³/mol. The number of hydrogen-bond acceptors (Lipinski definition) is 4. The number of ether oxygens (including phenoxy) is 1. The molecular weight excluding hydrogens is 232 g/mol. The van der Waals surface area contributed by atoms with E-state index in [2.05, 4.69) is 0 Å². The van der Waals surface area contributed by atoms with Crippen molar-refractivity contribution in [2.45, 2.75) is 31.8 Å². The molecule has 1 saturated carbocycles. The molecule has 0 aromatic carbocycles. The molecule has 2 aliphatic rings. The average Bonchev–Trinajstić information content (AvgIpc) is 2.46. The molecular formula is C13H24N2O3. The van der Waals surface area contributed by atoms with Gasteiger partial charge in [0.05, 0.1) is 19.3 Å². The fourth-order valence-corrected chi connectivity index (χ4v) is 2.93. The highest BCUT2D eigenvalue weighted by atomic mass is 16.5. The van der Waals surface area contributed by atoms with Crippen LogP contribution < -0.4 is 5.73 Å². The molecule has 1 saturated heterocycles. The molecule has 1 heterocycles. The summed E-state index contributed by atoms with van der Waals surface area (Å²) in [7, 11) is 0. The van der Waals surface area contributed by atoms with Gasteiger partial charge in [0, 0.05) is 19.0 Å². The lowest BCUT2D eigenvalue weighted by molar-refractivity contribution is -0.145. The quantitative estimate of drug-likeness (QED) is 0.743. The van der Waals surface area contributed by atoms with Crippen LogP contribution in [0.25, 0.3) is 0 Å². The van der Waals surface area contributed by atoms with Crippen molar-refractivity contribution in [2.24, 2.45) is 17.6 Å². The minimum absolute atomic E-state index is 0.0102. The van der Waals surface area contributed by atoms with E-state index in [4.69, 9.17) is 15.6 Å². The van der Waals surface area contributed by atoms with Crippen LogP contribution in [0, 0.1) is 11.8 Å². The van der Waals surface area contributed by atoms with Crippen molar-refractivity contribution in [1.82, 2.24) is 4.90 Å². The van der Waals surface area contributed by atoms with Crippen LogP contribution in [0.2, 0.25) is 0 Å². The smallest absolute Gasteiger partial charge is 0.225 e. The number of nitrogens with two attached hydrogens (primary N) is 1. The summed E-state index contributed by atoms with van der Waals surface area (Å²) in [5.41, 5.74) is 5.66. The van der Waals surface area contributed by atoms with E-state index >= 15 is 0 Å². The zero-order chi connectivity index (χ0) is 13.0. The Morgan fingerprint density at radius 2 is 2.06 bits per heavy atom. The van der Waals surface area contributed by atoms with Gasteiger partial charge >= 0.3 is 0 Å². The maximum absolute atomic E-state index is 12.4. The van der Waals surface area contributed by atoms with Gasteiger partial charge in [-0.15, -0.1) is 0 Å². The minimum atomic E-state index is -0.205. The van der Waals surface area contributed by atoms with Crippen LogP contribution in [0.3, 0.4) is 0 Å². The van der Waals surface area contributed by atoms with Crippen molar-refractivity contribution in [1.29, 1.82) is 0 Å². The highest BCUT2D eigenvalue weighted by molar-refractivity contribution is 5.79. The number of carbonyl (C=O) groups excluding carboxylic acids is 1. The predicted octanol–water partition coefficient (Wildman–Crippen LogP) is -0.0288. The Balaban J connectivity index is 1.83. The first-order valence-electron chi connectivity index (χ1n) is 6.96. The molecule has 1 aliphatic heterocycles. The van der Waals surface area contributed by atoms with Gasteiger partial charge in [0.25, 0.3) is 0 Å². The summed E-state index contributed by atoms with van der Waals surface area (Å²) in [6.45, 7) is 2.46. The van der Waals surface area contributed by atoms with Crippen molar-refractivity contribution >= 4 is 5.91 Å². The first-order chi connectivity index (χ1) is 8.74. The maximum Gasteiger partial charge on any atom is 0.225 e. The van der Waals surface area contributed by atoms with E-state index in [9.17, 15) is 4.79 Å². The SMILES string of the molecule is NCC1CCC(C(=O)N2CCOC(CO)C2)CC1. The third-order valence-electron chi connectivity index (χ3n) is 4.18. The fourth-order valence-electron chi connectivity index (χ4n) is 2.93. The molecule has 0 aromatic rings. The van der Waals surface area contributed by atoms with E-state index in [0.717, 1.165) is 32.2 Å². The summed E-state index contributed by atoms with van der Waals surface area (Å²) in [6, 6.07) is 0. The van der Waals surface area contributed by atoms with Gasteiger partial charge < -0.3 is 20.5 Å². The Labute approximate surface area is 108 Å². The Kier molecular flexibility index (Phi) is 4.97. The lowest BCUT2D eigenvalue weighted by Gasteiger charge is -2.36. The van der Waals surface area contributed by atoms with Gasteiger partial charge in [-0.25, -0.2) is 0 Å². The number of rotatable bonds is 3. The van der Waals surface area contributed by atoms with Gasteiger partial charge in [0.2, 0.25) is 5.91 Å². The molecule has 0 spiro atoms. The van der Waals surface area contributed by atoms with Crippen LogP contribution in [0.1, 0.15) is 25.7 Å². The number of nitrogens with zero attached hydrogens (tertiary/aromatic N) is 1. The Morgan fingerprint density at radius 1 is 1.33 bits per heavy atom. The number of carbonyl (C=O) groups is 1. The fraction of sp³-hybridized carbons (Fsp3) is 0.923. The van der Waals surface area contributed by atoms with E-state index in [1.54, 1.807) is 0 Å². The van der Waals surface area contributed by atoms with Gasteiger partial charge in [-0.3, -0.25) is 4.79 Å². The molecule has 18 heavy (non-hydrogen) atoms. The standard InChI is InChI=1S/C13H24N2O3/c14-7-10-1-3-11(4-2-10)13(17)15-5-6-18-12(8-15)9-16/h10-12,16H,1-9,14H2. The molecule has 1 unspecified atom stereocenters. The molecule has 2 rings (SSSR count). The Morgan fingerprint density at radius 3 is 2.67 bits per heavy atom. The average molecular weight is 256 g/mol. The molecule has 0 bridgehead atoms. The van der Waals surface area contributed by atoms with E-state index in [1.165, 1.54) is 0 Å². The summed E-state index contributed by atoms with van der Waals surface area (Å²) in [5.74, 6) is 1.00. The maximum atomic E-state index is 12.4. The second kappa shape index (κ2) is 6.50. The summed E-state index contributed by atoms with van der Waals surface area (Å²) in [6.07, 6.45) is 3.86. The third kappa shape index (κ3) is 3.22. The van der Waals surface area contributed by atoms with Gasteiger partial charge in [-0.05, 0) is 38.1 Å². The van der Waals surface area contributed by atoms with Crippen molar-refractivity contribution in [2.75, 3.05) is 32.8 Å². The molecule has 3 N–H and O–H groups in total. The van der Waals surface area contributed by atoms with Gasteiger partial charge in [-0.2, -0.15) is 0 Å². The van der Waals surface area contributed by atoms with E-state index in [0.29, 0.717) is 25.6 Å². The topological polar surface area (TPSA) is 75.8 Å². The number of amides is 1. The summed E-state index contributed by atoms with van der Waals surface area (Å²) < 4.78 is 5.37. The van der Waals surface area contributed by atoms with Crippen molar-refractivity contribution in [3.8, 4) is 0 Å².